The number of rotatable bonds is 8. The number of nitrogens with zero attached hydrogens (tertiary/aromatic N) is 2. The maximum atomic E-state index is 13.3. The van der Waals surface area contributed by atoms with Gasteiger partial charge in [-0.15, -0.1) is 0 Å². The molecule has 1 unspecified atom stereocenters. The molecule has 0 radical (unpaired) electrons. The lowest BCUT2D eigenvalue weighted by Crippen LogP contribution is -2.29. The fourth-order valence-corrected chi connectivity index (χ4v) is 4.28. The first-order valence-corrected chi connectivity index (χ1v) is 12.5. The predicted molar refractivity (Wildman–Crippen MR) is 143 cm³/mol. The van der Waals surface area contributed by atoms with Gasteiger partial charge in [0, 0.05) is 17.4 Å². The van der Waals surface area contributed by atoms with E-state index in [-0.39, 0.29) is 17.4 Å². The number of anilines is 1. The zero-order valence-corrected chi connectivity index (χ0v) is 21.8. The van der Waals surface area contributed by atoms with Crippen molar-refractivity contribution >= 4 is 29.1 Å². The number of pyridine rings is 1. The maximum Gasteiger partial charge on any atom is 0.338 e. The summed E-state index contributed by atoms with van der Waals surface area (Å²) in [5, 5.41) is 11.3. The Morgan fingerprint density at radius 2 is 1.76 bits per heavy atom. The second-order valence-electron chi connectivity index (χ2n) is 9.25. The van der Waals surface area contributed by atoms with Gasteiger partial charge in [-0.05, 0) is 87.4 Å². The van der Waals surface area contributed by atoms with Crippen LogP contribution in [-0.2, 0) is 14.3 Å². The highest BCUT2D eigenvalue weighted by Crippen LogP contribution is 2.41. The number of Topliss-reactive ketones (excluding diaryl/α,β-unsaturated/α-hetero) is 1. The van der Waals surface area contributed by atoms with E-state index >= 15 is 0 Å². The Balaban J connectivity index is 1.79. The van der Waals surface area contributed by atoms with E-state index in [1.165, 1.54) is 17.0 Å². The molecule has 0 saturated carbocycles. The zero-order valence-electron chi connectivity index (χ0n) is 21.8. The highest BCUT2D eigenvalue weighted by atomic mass is 16.5. The van der Waals surface area contributed by atoms with Crippen LogP contribution >= 0.6 is 0 Å². The van der Waals surface area contributed by atoms with Gasteiger partial charge < -0.3 is 14.6 Å². The van der Waals surface area contributed by atoms with Gasteiger partial charge >= 0.3 is 5.97 Å². The van der Waals surface area contributed by atoms with E-state index in [1.807, 2.05) is 13.8 Å². The number of aryl methyl sites for hydroxylation is 1. The molecular weight excluding hydrogens is 484 g/mol. The van der Waals surface area contributed by atoms with Crippen LogP contribution in [-0.4, -0.2) is 40.5 Å². The number of aromatic nitrogens is 1. The molecule has 1 aliphatic heterocycles. The van der Waals surface area contributed by atoms with Gasteiger partial charge in [0.15, 0.2) is 0 Å². The molecular formula is C30H30N2O6. The normalized spacial score (nSPS) is 16.7. The van der Waals surface area contributed by atoms with Crippen LogP contribution in [0.2, 0.25) is 0 Å². The summed E-state index contributed by atoms with van der Waals surface area (Å²) >= 11 is 0. The fourth-order valence-electron chi connectivity index (χ4n) is 4.28. The molecule has 196 valence electrons. The number of benzene rings is 2. The van der Waals surface area contributed by atoms with E-state index in [1.54, 1.807) is 68.6 Å². The largest absolute Gasteiger partial charge is 0.507 e. The van der Waals surface area contributed by atoms with Crippen molar-refractivity contribution in [3.05, 3.63) is 94.8 Å². The first-order chi connectivity index (χ1) is 18.2. The molecule has 1 aromatic heterocycles. The van der Waals surface area contributed by atoms with E-state index in [4.69, 9.17) is 9.47 Å². The number of aliphatic hydroxyl groups excluding tert-OH is 1. The predicted octanol–water partition coefficient (Wildman–Crippen LogP) is 5.37. The van der Waals surface area contributed by atoms with Crippen molar-refractivity contribution in [1.82, 2.24) is 4.98 Å². The average molecular weight is 515 g/mol. The summed E-state index contributed by atoms with van der Waals surface area (Å²) in [6.45, 7) is 7.93. The Labute approximate surface area is 221 Å². The first kappa shape index (κ1) is 26.6. The molecule has 1 fully saturated rings. The van der Waals surface area contributed by atoms with Gasteiger partial charge in [-0.2, -0.15) is 0 Å². The van der Waals surface area contributed by atoms with E-state index in [2.05, 4.69) is 4.98 Å². The summed E-state index contributed by atoms with van der Waals surface area (Å²) in [5.74, 6) is -1.74. The van der Waals surface area contributed by atoms with Crippen LogP contribution in [0.25, 0.3) is 5.76 Å². The molecule has 38 heavy (non-hydrogen) atoms. The SMILES string of the molecule is CCCOc1ccc(/C(O)=C2/C(=O)C(=O)N(c3ccc(C(=O)OC(C)C)cc3)C2c2ccccn2)cc1C. The highest BCUT2D eigenvalue weighted by Gasteiger charge is 2.47. The standard InChI is InChI=1S/C30H30N2O6/c1-5-16-37-24-14-11-21(17-19(24)4)27(33)25-26(23-8-6-7-15-31-23)32(29(35)28(25)34)22-12-9-20(10-13-22)30(36)38-18(2)3/h6-15,17-18,26,33H,5,16H2,1-4H3/b27-25-. The third-order valence-corrected chi connectivity index (χ3v) is 6.05. The molecule has 2 heterocycles. The Kier molecular flexibility index (Phi) is 7.90. The minimum atomic E-state index is -0.971. The molecule has 1 aliphatic rings. The smallest absolute Gasteiger partial charge is 0.338 e. The summed E-state index contributed by atoms with van der Waals surface area (Å²) in [6, 6.07) is 15.5. The number of ether oxygens (including phenoxy) is 2. The number of carbonyl (C=O) groups is 3. The summed E-state index contributed by atoms with van der Waals surface area (Å²) < 4.78 is 11.0. The lowest BCUT2D eigenvalue weighted by Gasteiger charge is -2.24. The fraction of sp³-hybridized carbons (Fsp3) is 0.267. The van der Waals surface area contributed by atoms with Crippen LogP contribution in [0.15, 0.2) is 72.4 Å². The number of amides is 1. The lowest BCUT2D eigenvalue weighted by molar-refractivity contribution is -0.132. The van der Waals surface area contributed by atoms with Crippen LogP contribution in [0, 0.1) is 6.92 Å². The van der Waals surface area contributed by atoms with Crippen LogP contribution in [0.5, 0.6) is 5.75 Å². The van der Waals surface area contributed by atoms with E-state index < -0.39 is 23.7 Å². The van der Waals surface area contributed by atoms with Gasteiger partial charge in [-0.25, -0.2) is 4.79 Å². The molecule has 1 saturated heterocycles. The molecule has 3 aromatic rings. The molecule has 0 aliphatic carbocycles. The van der Waals surface area contributed by atoms with Crippen molar-refractivity contribution in [2.75, 3.05) is 11.5 Å². The van der Waals surface area contributed by atoms with Crippen molar-refractivity contribution in [2.24, 2.45) is 0 Å². The summed E-state index contributed by atoms with van der Waals surface area (Å²) in [6.07, 6.45) is 2.14. The summed E-state index contributed by atoms with van der Waals surface area (Å²) in [4.78, 5) is 44.6. The number of esters is 1. The number of hydrogen-bond acceptors (Lipinski definition) is 7. The summed E-state index contributed by atoms with van der Waals surface area (Å²) in [7, 11) is 0. The lowest BCUT2D eigenvalue weighted by atomic mass is 9.97. The topological polar surface area (TPSA) is 106 Å². The van der Waals surface area contributed by atoms with Gasteiger partial charge in [0.05, 0.1) is 29.5 Å². The number of aliphatic hydroxyl groups is 1. The van der Waals surface area contributed by atoms with Crippen molar-refractivity contribution in [3.8, 4) is 5.75 Å². The molecule has 0 bridgehead atoms. The van der Waals surface area contributed by atoms with Gasteiger partial charge in [-0.1, -0.05) is 13.0 Å². The molecule has 2 aromatic carbocycles. The third-order valence-electron chi connectivity index (χ3n) is 6.05. The van der Waals surface area contributed by atoms with Crippen molar-refractivity contribution in [1.29, 1.82) is 0 Å². The van der Waals surface area contributed by atoms with Gasteiger partial charge in [0.25, 0.3) is 11.7 Å². The van der Waals surface area contributed by atoms with Crippen molar-refractivity contribution in [3.63, 3.8) is 0 Å². The van der Waals surface area contributed by atoms with Crippen LogP contribution < -0.4 is 9.64 Å². The first-order valence-electron chi connectivity index (χ1n) is 12.5. The Morgan fingerprint density at radius 3 is 2.37 bits per heavy atom. The number of hydrogen-bond donors (Lipinski definition) is 1. The minimum absolute atomic E-state index is 0.0707. The zero-order chi connectivity index (χ0) is 27.4. The average Bonchev–Trinajstić information content (AvgIpc) is 3.17. The molecule has 1 N–H and O–H groups in total. The van der Waals surface area contributed by atoms with Crippen molar-refractivity contribution < 1.29 is 29.0 Å². The van der Waals surface area contributed by atoms with E-state index in [0.29, 0.717) is 34.9 Å². The minimum Gasteiger partial charge on any atom is -0.507 e. The molecule has 8 heteroatoms. The summed E-state index contributed by atoms with van der Waals surface area (Å²) in [5.41, 5.74) is 2.21. The van der Waals surface area contributed by atoms with Gasteiger partial charge in [-0.3, -0.25) is 19.5 Å². The Hall–Kier alpha value is -4.46. The molecule has 1 amide bonds. The number of carbonyl (C=O) groups excluding carboxylic acids is 3. The molecule has 1 atom stereocenters. The van der Waals surface area contributed by atoms with Crippen LogP contribution in [0.3, 0.4) is 0 Å². The Bertz CT molecular complexity index is 1380. The van der Waals surface area contributed by atoms with Crippen LogP contribution in [0.1, 0.15) is 60.4 Å². The molecule has 4 rings (SSSR count). The maximum absolute atomic E-state index is 13.3. The second kappa shape index (κ2) is 11.3. The molecule has 8 nitrogen and oxygen atoms in total. The highest BCUT2D eigenvalue weighted by molar-refractivity contribution is 6.51. The van der Waals surface area contributed by atoms with Gasteiger partial charge in [0.1, 0.15) is 17.6 Å². The quantitative estimate of drug-likeness (QED) is 0.186. The van der Waals surface area contributed by atoms with Crippen LogP contribution in [0.4, 0.5) is 5.69 Å². The van der Waals surface area contributed by atoms with Crippen molar-refractivity contribution in [2.45, 2.75) is 46.3 Å². The molecule has 0 spiro atoms. The second-order valence-corrected chi connectivity index (χ2v) is 9.25. The van der Waals surface area contributed by atoms with E-state index in [0.717, 1.165) is 12.0 Å². The van der Waals surface area contributed by atoms with Gasteiger partial charge in [0.2, 0.25) is 0 Å². The monoisotopic (exact) mass is 514 g/mol. The Morgan fingerprint density at radius 1 is 1.05 bits per heavy atom. The third kappa shape index (κ3) is 5.29. The number of ketones is 1. The van der Waals surface area contributed by atoms with E-state index in [9.17, 15) is 19.5 Å².